The number of carbonyl (C=O) groups excluding carboxylic acids is 2. The summed E-state index contributed by atoms with van der Waals surface area (Å²) in [6.45, 7) is 0. The highest BCUT2D eigenvalue weighted by Gasteiger charge is 2.69. The van der Waals surface area contributed by atoms with Gasteiger partial charge in [0, 0.05) is 12.8 Å². The summed E-state index contributed by atoms with van der Waals surface area (Å²) in [5, 5.41) is 19.0. The number of amides is 1. The molecule has 1 N–H and O–H groups in total. The Balaban J connectivity index is 1.20. The van der Waals surface area contributed by atoms with E-state index >= 15 is 0 Å². The molecule has 2 aliphatic carbocycles. The van der Waals surface area contributed by atoms with E-state index in [9.17, 15) is 35.9 Å². The molecule has 0 aromatic carbocycles. The zero-order valence-corrected chi connectivity index (χ0v) is 19.2. The minimum atomic E-state index is -4.60. The van der Waals surface area contributed by atoms with Gasteiger partial charge in [0.25, 0.3) is 0 Å². The predicted molar refractivity (Wildman–Crippen MR) is 109 cm³/mol. The van der Waals surface area contributed by atoms with Crippen LogP contribution in [0.1, 0.15) is 53.5 Å². The van der Waals surface area contributed by atoms with Gasteiger partial charge in [0.2, 0.25) is 11.0 Å². The number of ketones is 1. The van der Waals surface area contributed by atoms with Crippen molar-refractivity contribution in [2.75, 3.05) is 5.32 Å². The molecule has 2 fully saturated rings. The van der Waals surface area contributed by atoms with Crippen molar-refractivity contribution in [2.45, 2.75) is 70.1 Å². The van der Waals surface area contributed by atoms with Crippen LogP contribution in [0.4, 0.5) is 31.5 Å². The molecule has 0 bridgehead atoms. The standard InChI is InChI=1S/C19H19F6N5O2S2/c20-18(21,22)16(5-6-16)10(31)9-13-29-27-11(33-13)3-1-2-4-12-28-30-15(34-12)26-14(32)17(7-8-17)19(23,24)25/h1-9H2,(H,26,30,32). The predicted octanol–water partition coefficient (Wildman–Crippen LogP) is 4.69. The smallest absolute Gasteiger partial charge is 0.300 e. The number of rotatable bonds is 10. The number of anilines is 1. The first kappa shape index (κ1) is 24.9. The second-order valence-corrected chi connectivity index (χ2v) is 10.7. The third kappa shape index (κ3) is 4.95. The van der Waals surface area contributed by atoms with E-state index in [1.807, 2.05) is 0 Å². The van der Waals surface area contributed by atoms with Crippen molar-refractivity contribution in [1.29, 1.82) is 0 Å². The summed E-state index contributed by atoms with van der Waals surface area (Å²) in [7, 11) is 0. The van der Waals surface area contributed by atoms with Gasteiger partial charge in [-0.2, -0.15) is 26.3 Å². The van der Waals surface area contributed by atoms with Gasteiger partial charge in [0.15, 0.2) is 5.78 Å². The fourth-order valence-corrected chi connectivity index (χ4v) is 5.21. The zero-order chi connectivity index (χ0) is 24.8. The Morgan fingerprint density at radius 2 is 1.26 bits per heavy atom. The molecule has 0 radical (unpaired) electrons. The quantitative estimate of drug-likeness (QED) is 0.356. The number of aryl methyl sites for hydroxylation is 2. The molecule has 2 aromatic heterocycles. The molecular weight excluding hydrogens is 508 g/mol. The average molecular weight is 528 g/mol. The lowest BCUT2D eigenvalue weighted by Crippen LogP contribution is -2.36. The van der Waals surface area contributed by atoms with Crippen LogP contribution in [0.15, 0.2) is 0 Å². The molecule has 0 atom stereocenters. The van der Waals surface area contributed by atoms with Gasteiger partial charge in [-0.3, -0.25) is 14.9 Å². The van der Waals surface area contributed by atoms with Gasteiger partial charge in [0.05, 0.1) is 6.42 Å². The van der Waals surface area contributed by atoms with E-state index in [2.05, 4.69) is 25.7 Å². The van der Waals surface area contributed by atoms with E-state index in [4.69, 9.17) is 0 Å². The normalized spacial score (nSPS) is 18.5. The van der Waals surface area contributed by atoms with Crippen LogP contribution in [0.25, 0.3) is 0 Å². The number of alkyl halides is 6. The highest BCUT2D eigenvalue weighted by atomic mass is 32.1. The maximum atomic E-state index is 13.0. The molecule has 4 rings (SSSR count). The molecule has 7 nitrogen and oxygen atoms in total. The topological polar surface area (TPSA) is 97.7 Å². The summed E-state index contributed by atoms with van der Waals surface area (Å²) in [6, 6.07) is 0. The first-order chi connectivity index (χ1) is 15.9. The van der Waals surface area contributed by atoms with Crippen LogP contribution in [-0.4, -0.2) is 44.4 Å². The lowest BCUT2D eigenvalue weighted by atomic mass is 9.98. The number of hydrogen-bond acceptors (Lipinski definition) is 8. The number of halogens is 6. The highest BCUT2D eigenvalue weighted by molar-refractivity contribution is 7.15. The van der Waals surface area contributed by atoms with Gasteiger partial charge in [0.1, 0.15) is 25.9 Å². The largest absolute Gasteiger partial charge is 0.403 e. The molecule has 34 heavy (non-hydrogen) atoms. The Kier molecular flexibility index (Phi) is 6.46. The van der Waals surface area contributed by atoms with E-state index in [0.717, 1.165) is 22.7 Å². The summed E-state index contributed by atoms with van der Waals surface area (Å²) >= 11 is 2.11. The van der Waals surface area contributed by atoms with E-state index in [1.54, 1.807) is 0 Å². The molecule has 186 valence electrons. The van der Waals surface area contributed by atoms with Crippen molar-refractivity contribution in [3.63, 3.8) is 0 Å². The van der Waals surface area contributed by atoms with Crippen molar-refractivity contribution in [2.24, 2.45) is 10.8 Å². The molecule has 2 aromatic rings. The number of nitrogens with zero attached hydrogens (tertiary/aromatic N) is 4. The minimum Gasteiger partial charge on any atom is -0.300 e. The second kappa shape index (κ2) is 8.81. The van der Waals surface area contributed by atoms with Gasteiger partial charge >= 0.3 is 12.4 Å². The van der Waals surface area contributed by atoms with Gasteiger partial charge < -0.3 is 0 Å². The van der Waals surface area contributed by atoms with Crippen molar-refractivity contribution in [3.8, 4) is 0 Å². The Bertz CT molecular complexity index is 988. The van der Waals surface area contributed by atoms with Gasteiger partial charge in [-0.15, -0.1) is 31.7 Å². The lowest BCUT2D eigenvalue weighted by Gasteiger charge is -2.17. The molecule has 2 heterocycles. The van der Waals surface area contributed by atoms with Crippen molar-refractivity contribution in [1.82, 2.24) is 20.4 Å². The zero-order valence-electron chi connectivity index (χ0n) is 17.6. The number of carbonyl (C=O) groups is 2. The van der Waals surface area contributed by atoms with Gasteiger partial charge in [-0.25, -0.2) is 0 Å². The molecular formula is C19H19F6N5O2S2. The van der Waals surface area contributed by atoms with Crippen molar-refractivity contribution in [3.05, 3.63) is 15.0 Å². The molecule has 0 aliphatic heterocycles. The summed E-state index contributed by atoms with van der Waals surface area (Å²) in [5.41, 5.74) is -4.54. The number of hydrogen-bond donors (Lipinski definition) is 1. The maximum absolute atomic E-state index is 13.0. The molecule has 1 amide bonds. The van der Waals surface area contributed by atoms with Crippen LogP contribution in [0.5, 0.6) is 0 Å². The summed E-state index contributed by atoms with van der Waals surface area (Å²) < 4.78 is 78.1. The lowest BCUT2D eigenvalue weighted by molar-refractivity contribution is -0.191. The molecule has 15 heteroatoms. The summed E-state index contributed by atoms with van der Waals surface area (Å²) in [5.74, 6) is -1.99. The summed E-state index contributed by atoms with van der Waals surface area (Å²) in [4.78, 5) is 24.0. The number of nitrogens with one attached hydrogen (secondary N) is 1. The Hall–Kier alpha value is -2.16. The molecule has 2 saturated carbocycles. The fraction of sp³-hybridized carbons (Fsp3) is 0.684. The molecule has 0 saturated heterocycles. The third-order valence-corrected chi connectivity index (χ3v) is 7.97. The van der Waals surface area contributed by atoms with Crippen molar-refractivity contribution < 1.29 is 35.9 Å². The van der Waals surface area contributed by atoms with Gasteiger partial charge in [-0.1, -0.05) is 11.3 Å². The molecule has 0 spiro atoms. The Morgan fingerprint density at radius 1 is 0.765 bits per heavy atom. The van der Waals surface area contributed by atoms with E-state index < -0.39 is 34.9 Å². The third-order valence-electron chi connectivity index (χ3n) is 6.09. The number of unbranched alkanes of at least 4 members (excludes halogenated alkanes) is 1. The summed E-state index contributed by atoms with van der Waals surface area (Å²) in [6.07, 6.45) is -8.08. The van der Waals surface area contributed by atoms with Crippen molar-refractivity contribution >= 4 is 39.5 Å². The van der Waals surface area contributed by atoms with Crippen LogP contribution >= 0.6 is 22.7 Å². The first-order valence-electron chi connectivity index (χ1n) is 10.5. The van der Waals surface area contributed by atoms with Crippen LogP contribution in [-0.2, 0) is 28.9 Å². The van der Waals surface area contributed by atoms with E-state index in [-0.39, 0.29) is 42.2 Å². The number of Topliss-reactive ketones (excluding diaryl/α,β-unsaturated/α-hetero) is 1. The minimum absolute atomic E-state index is 0.0150. The van der Waals surface area contributed by atoms with E-state index in [0.29, 0.717) is 35.7 Å². The second-order valence-electron chi connectivity index (χ2n) is 8.51. The van der Waals surface area contributed by atoms with Gasteiger partial charge in [-0.05, 0) is 38.5 Å². The average Bonchev–Trinajstić information content (AvgIpc) is 3.63. The van der Waals surface area contributed by atoms with Crippen LogP contribution in [0, 0.1) is 10.8 Å². The van der Waals surface area contributed by atoms with Crippen LogP contribution in [0.3, 0.4) is 0 Å². The Morgan fingerprint density at radius 3 is 1.79 bits per heavy atom. The first-order valence-corrected chi connectivity index (χ1v) is 12.1. The van der Waals surface area contributed by atoms with E-state index in [1.165, 1.54) is 0 Å². The van der Waals surface area contributed by atoms with Crippen LogP contribution < -0.4 is 5.32 Å². The highest BCUT2D eigenvalue weighted by Crippen LogP contribution is 2.59. The SMILES string of the molecule is O=C(Cc1nnc(CCCCc2nnc(NC(=O)C3(C(F)(F)F)CC3)s2)s1)C1(C(F)(F)F)CC1. The Labute approximate surface area is 197 Å². The maximum Gasteiger partial charge on any atom is 0.403 e. The number of aromatic nitrogens is 4. The fourth-order valence-electron chi connectivity index (χ4n) is 3.55. The van der Waals surface area contributed by atoms with Crippen LogP contribution in [0.2, 0.25) is 0 Å². The monoisotopic (exact) mass is 527 g/mol. The molecule has 2 aliphatic rings. The molecule has 0 unspecified atom stereocenters.